The van der Waals surface area contributed by atoms with Crippen molar-refractivity contribution in [1.29, 1.82) is 0 Å². The number of rotatable bonds is 5. The van der Waals surface area contributed by atoms with E-state index in [-0.39, 0.29) is 0 Å². The summed E-state index contributed by atoms with van der Waals surface area (Å²) < 4.78 is 7.15. The van der Waals surface area contributed by atoms with Crippen LogP contribution >= 0.6 is 34.7 Å². The molecule has 0 aliphatic heterocycles. The summed E-state index contributed by atoms with van der Waals surface area (Å²) in [6, 6.07) is 9.47. The zero-order valence-electron chi connectivity index (χ0n) is 12.2. The van der Waals surface area contributed by atoms with Gasteiger partial charge in [-0.05, 0) is 29.6 Å². The van der Waals surface area contributed by atoms with Crippen LogP contribution in [0.1, 0.15) is 5.82 Å². The second-order valence-electron chi connectivity index (χ2n) is 4.78. The SMILES string of the molecule is Clc1cccc(-n2cnnc2SCc2noc(-c3ccsc3)n2)c1. The van der Waals surface area contributed by atoms with E-state index in [9.17, 15) is 0 Å². The molecule has 3 heterocycles. The van der Waals surface area contributed by atoms with Crippen LogP contribution in [0.15, 0.2) is 57.1 Å². The molecule has 24 heavy (non-hydrogen) atoms. The minimum Gasteiger partial charge on any atom is -0.334 e. The van der Waals surface area contributed by atoms with Crippen molar-refractivity contribution in [1.82, 2.24) is 24.9 Å². The van der Waals surface area contributed by atoms with Crippen molar-refractivity contribution in [2.75, 3.05) is 0 Å². The number of thiophene rings is 1. The number of hydrogen-bond acceptors (Lipinski definition) is 7. The first-order chi connectivity index (χ1) is 11.8. The lowest BCUT2D eigenvalue weighted by molar-refractivity contribution is 0.425. The predicted octanol–water partition coefficient (Wildman–Crippen LogP) is 4.32. The first kappa shape index (κ1) is 15.4. The van der Waals surface area contributed by atoms with Gasteiger partial charge in [-0.3, -0.25) is 4.57 Å². The quantitative estimate of drug-likeness (QED) is 0.484. The molecular formula is C15H10ClN5OS2. The second-order valence-corrected chi connectivity index (χ2v) is 6.94. The van der Waals surface area contributed by atoms with Crippen molar-refractivity contribution >= 4 is 34.7 Å². The van der Waals surface area contributed by atoms with Gasteiger partial charge in [0, 0.05) is 10.4 Å². The molecule has 0 saturated heterocycles. The number of benzene rings is 1. The molecule has 0 bridgehead atoms. The summed E-state index contributed by atoms with van der Waals surface area (Å²) in [7, 11) is 0. The van der Waals surface area contributed by atoms with E-state index < -0.39 is 0 Å². The molecule has 0 spiro atoms. The maximum atomic E-state index is 6.05. The molecule has 4 rings (SSSR count). The lowest BCUT2D eigenvalue weighted by Gasteiger charge is -2.05. The Morgan fingerprint density at radius 3 is 3.08 bits per heavy atom. The second kappa shape index (κ2) is 6.76. The van der Waals surface area contributed by atoms with Crippen LogP contribution in [-0.4, -0.2) is 24.9 Å². The van der Waals surface area contributed by atoms with Crippen LogP contribution in [0.5, 0.6) is 0 Å². The van der Waals surface area contributed by atoms with Gasteiger partial charge in [0.15, 0.2) is 11.0 Å². The molecule has 0 radical (unpaired) electrons. The highest BCUT2D eigenvalue weighted by atomic mass is 35.5. The fourth-order valence-electron chi connectivity index (χ4n) is 2.07. The Hall–Kier alpha value is -2.16. The Labute approximate surface area is 150 Å². The fraction of sp³-hybridized carbons (Fsp3) is 0.0667. The average Bonchev–Trinajstić information content (AvgIpc) is 3.33. The van der Waals surface area contributed by atoms with Gasteiger partial charge in [-0.15, -0.1) is 10.2 Å². The van der Waals surface area contributed by atoms with Crippen LogP contribution in [0.4, 0.5) is 0 Å². The molecule has 6 nitrogen and oxygen atoms in total. The Morgan fingerprint density at radius 1 is 1.29 bits per heavy atom. The van der Waals surface area contributed by atoms with Crippen LogP contribution in [-0.2, 0) is 5.75 Å². The fourth-order valence-corrected chi connectivity index (χ4v) is 3.66. The third-order valence-electron chi connectivity index (χ3n) is 3.17. The van der Waals surface area contributed by atoms with Gasteiger partial charge in [0.1, 0.15) is 6.33 Å². The summed E-state index contributed by atoms with van der Waals surface area (Å²) in [5, 5.41) is 17.5. The zero-order chi connectivity index (χ0) is 16.4. The average molecular weight is 376 g/mol. The smallest absolute Gasteiger partial charge is 0.258 e. The topological polar surface area (TPSA) is 69.6 Å². The van der Waals surface area contributed by atoms with Gasteiger partial charge in [-0.2, -0.15) is 16.3 Å². The van der Waals surface area contributed by atoms with Crippen LogP contribution in [0.3, 0.4) is 0 Å². The molecule has 120 valence electrons. The lowest BCUT2D eigenvalue weighted by Crippen LogP contribution is -1.95. The van der Waals surface area contributed by atoms with Gasteiger partial charge in [-0.25, -0.2) is 0 Å². The molecule has 4 aromatic rings. The number of aromatic nitrogens is 5. The molecule has 0 aliphatic rings. The molecule has 0 aliphatic carbocycles. The third kappa shape index (κ3) is 3.21. The van der Waals surface area contributed by atoms with Crippen molar-refractivity contribution in [3.8, 4) is 17.1 Å². The highest BCUT2D eigenvalue weighted by Crippen LogP contribution is 2.25. The minimum atomic E-state index is 0.531. The highest BCUT2D eigenvalue weighted by Gasteiger charge is 2.12. The molecule has 9 heteroatoms. The Morgan fingerprint density at radius 2 is 2.25 bits per heavy atom. The van der Waals surface area contributed by atoms with Crippen LogP contribution in [0.25, 0.3) is 17.1 Å². The summed E-state index contributed by atoms with van der Waals surface area (Å²) in [5.74, 6) is 1.68. The van der Waals surface area contributed by atoms with E-state index in [1.165, 1.54) is 11.8 Å². The van der Waals surface area contributed by atoms with Crippen LogP contribution < -0.4 is 0 Å². The minimum absolute atomic E-state index is 0.531. The molecule has 0 unspecified atom stereocenters. The van der Waals surface area contributed by atoms with Crippen molar-refractivity contribution in [2.45, 2.75) is 10.9 Å². The number of thioether (sulfide) groups is 1. The van der Waals surface area contributed by atoms with Crippen molar-refractivity contribution in [3.63, 3.8) is 0 Å². The Kier molecular flexibility index (Phi) is 4.33. The van der Waals surface area contributed by atoms with E-state index in [1.807, 2.05) is 45.7 Å². The molecule has 1 aromatic carbocycles. The van der Waals surface area contributed by atoms with Gasteiger partial charge in [0.05, 0.1) is 17.0 Å². The van der Waals surface area contributed by atoms with Crippen LogP contribution in [0, 0.1) is 0 Å². The van der Waals surface area contributed by atoms with Gasteiger partial charge in [0.25, 0.3) is 5.89 Å². The van der Waals surface area contributed by atoms with E-state index in [1.54, 1.807) is 17.7 Å². The number of nitrogens with zero attached hydrogens (tertiary/aromatic N) is 5. The predicted molar refractivity (Wildman–Crippen MR) is 93.5 cm³/mol. The molecule has 0 fully saturated rings. The van der Waals surface area contributed by atoms with Gasteiger partial charge >= 0.3 is 0 Å². The van der Waals surface area contributed by atoms with Gasteiger partial charge < -0.3 is 4.52 Å². The first-order valence-corrected chi connectivity index (χ1v) is 9.24. The van der Waals surface area contributed by atoms with E-state index >= 15 is 0 Å². The molecule has 3 aromatic heterocycles. The van der Waals surface area contributed by atoms with E-state index in [4.69, 9.17) is 16.1 Å². The molecule has 0 atom stereocenters. The first-order valence-electron chi connectivity index (χ1n) is 6.93. The Balaban J connectivity index is 1.50. The molecule has 0 N–H and O–H groups in total. The van der Waals surface area contributed by atoms with E-state index in [2.05, 4.69) is 20.3 Å². The van der Waals surface area contributed by atoms with Gasteiger partial charge in [-0.1, -0.05) is 34.6 Å². The maximum Gasteiger partial charge on any atom is 0.258 e. The normalized spacial score (nSPS) is 11.0. The summed E-state index contributed by atoms with van der Waals surface area (Å²) in [6.07, 6.45) is 1.65. The zero-order valence-corrected chi connectivity index (χ0v) is 14.6. The van der Waals surface area contributed by atoms with Crippen molar-refractivity contribution in [2.24, 2.45) is 0 Å². The Bertz CT molecular complexity index is 950. The summed E-state index contributed by atoms with van der Waals surface area (Å²) >= 11 is 9.12. The summed E-state index contributed by atoms with van der Waals surface area (Å²) in [6.45, 7) is 0. The standard InChI is InChI=1S/C15H10ClN5OS2/c16-11-2-1-3-12(6-11)21-9-17-19-15(21)24-8-13-18-14(22-20-13)10-4-5-23-7-10/h1-7,9H,8H2. The van der Waals surface area contributed by atoms with E-state index in [0.29, 0.717) is 22.5 Å². The van der Waals surface area contributed by atoms with Crippen LogP contribution in [0.2, 0.25) is 5.02 Å². The molecule has 0 amide bonds. The van der Waals surface area contributed by atoms with Crippen molar-refractivity contribution < 1.29 is 4.52 Å². The lowest BCUT2D eigenvalue weighted by atomic mass is 10.3. The largest absolute Gasteiger partial charge is 0.334 e. The molecular weight excluding hydrogens is 366 g/mol. The monoisotopic (exact) mass is 375 g/mol. The van der Waals surface area contributed by atoms with Gasteiger partial charge in [0.2, 0.25) is 0 Å². The summed E-state index contributed by atoms with van der Waals surface area (Å²) in [5.41, 5.74) is 1.84. The van der Waals surface area contributed by atoms with E-state index in [0.717, 1.165) is 16.4 Å². The summed E-state index contributed by atoms with van der Waals surface area (Å²) in [4.78, 5) is 4.40. The third-order valence-corrected chi connectivity index (χ3v) is 5.03. The molecule has 0 saturated carbocycles. The number of hydrogen-bond donors (Lipinski definition) is 0. The highest BCUT2D eigenvalue weighted by molar-refractivity contribution is 7.98. The maximum absolute atomic E-state index is 6.05. The van der Waals surface area contributed by atoms with Crippen molar-refractivity contribution in [3.05, 3.63) is 58.3 Å². The number of halogens is 1.